The van der Waals surface area contributed by atoms with Gasteiger partial charge in [-0.05, 0) is 24.7 Å². The van der Waals surface area contributed by atoms with Crippen LogP contribution in [0.25, 0.3) is 0 Å². The molecule has 0 bridgehead atoms. The van der Waals surface area contributed by atoms with Crippen LogP contribution in [0.5, 0.6) is 0 Å². The Morgan fingerprint density at radius 3 is 2.92 bits per heavy atom. The van der Waals surface area contributed by atoms with Gasteiger partial charge in [0.15, 0.2) is 0 Å². The van der Waals surface area contributed by atoms with Gasteiger partial charge in [0.1, 0.15) is 0 Å². The average Bonchev–Trinajstić information content (AvgIpc) is 2.61. The summed E-state index contributed by atoms with van der Waals surface area (Å²) in [5.74, 6) is 0.180. The molecule has 1 atom stereocenters. The van der Waals surface area contributed by atoms with Crippen LogP contribution in [0, 0.1) is 5.41 Å². The molecule has 2 fully saturated rings. The lowest BCUT2D eigenvalue weighted by molar-refractivity contribution is -0.120. The van der Waals surface area contributed by atoms with E-state index in [0.29, 0.717) is 5.41 Å². The molecule has 68 valence electrons. The topological polar surface area (TPSA) is 41.1 Å². The first-order valence-corrected chi connectivity index (χ1v) is 4.71. The maximum absolute atomic E-state index is 11.1. The fraction of sp³-hybridized carbons (Fsp3) is 0.889. The summed E-state index contributed by atoms with van der Waals surface area (Å²) in [5.41, 5.74) is 0.503. The lowest BCUT2D eigenvalue weighted by atomic mass is 10.1. The van der Waals surface area contributed by atoms with Gasteiger partial charge in [-0.1, -0.05) is 6.92 Å². The van der Waals surface area contributed by atoms with Crippen molar-refractivity contribution in [1.82, 2.24) is 10.6 Å². The van der Waals surface area contributed by atoms with Crippen LogP contribution in [0.4, 0.5) is 0 Å². The van der Waals surface area contributed by atoms with Crippen LogP contribution in [0.1, 0.15) is 26.2 Å². The largest absolute Gasteiger partial charge is 0.355 e. The van der Waals surface area contributed by atoms with Crippen LogP contribution in [0.3, 0.4) is 0 Å². The molecule has 1 aliphatic heterocycles. The zero-order valence-electron chi connectivity index (χ0n) is 7.52. The van der Waals surface area contributed by atoms with E-state index in [1.165, 1.54) is 12.8 Å². The van der Waals surface area contributed by atoms with Gasteiger partial charge in [0.05, 0.1) is 6.04 Å². The van der Waals surface area contributed by atoms with E-state index < -0.39 is 0 Å². The number of carbonyl (C=O) groups excluding carboxylic acids is 1. The third-order valence-electron chi connectivity index (χ3n) is 2.93. The molecule has 0 aromatic carbocycles. The fourth-order valence-corrected chi connectivity index (χ4v) is 1.55. The predicted octanol–water partition coefficient (Wildman–Crippen LogP) is 0.265. The molecule has 2 rings (SSSR count). The second kappa shape index (κ2) is 2.73. The zero-order valence-corrected chi connectivity index (χ0v) is 7.52. The molecule has 0 aromatic rings. The van der Waals surface area contributed by atoms with Crippen molar-refractivity contribution in [3.05, 3.63) is 0 Å². The van der Waals surface area contributed by atoms with Crippen molar-refractivity contribution in [2.75, 3.05) is 13.1 Å². The third-order valence-corrected chi connectivity index (χ3v) is 2.93. The van der Waals surface area contributed by atoms with E-state index in [-0.39, 0.29) is 11.9 Å². The minimum Gasteiger partial charge on any atom is -0.355 e. The van der Waals surface area contributed by atoms with E-state index in [0.717, 1.165) is 19.5 Å². The van der Waals surface area contributed by atoms with Crippen LogP contribution >= 0.6 is 0 Å². The molecule has 0 aromatic heterocycles. The SMILES string of the molecule is CC1(CNC2CCNC2=O)CC1. The summed E-state index contributed by atoms with van der Waals surface area (Å²) in [6, 6.07) is 0.0856. The van der Waals surface area contributed by atoms with Crippen LogP contribution in [-0.2, 0) is 4.79 Å². The molecular formula is C9H16N2O. The standard InChI is InChI=1S/C9H16N2O/c1-9(3-4-9)6-11-7-2-5-10-8(7)12/h7,11H,2-6H2,1H3,(H,10,12). The van der Waals surface area contributed by atoms with Crippen molar-refractivity contribution in [3.8, 4) is 0 Å². The highest BCUT2D eigenvalue weighted by Crippen LogP contribution is 2.44. The van der Waals surface area contributed by atoms with E-state index in [4.69, 9.17) is 0 Å². The Hall–Kier alpha value is -0.570. The molecular weight excluding hydrogens is 152 g/mol. The number of amides is 1. The van der Waals surface area contributed by atoms with Gasteiger partial charge in [0, 0.05) is 13.1 Å². The Kier molecular flexibility index (Phi) is 1.83. The second-order valence-corrected chi connectivity index (χ2v) is 4.32. The molecule has 1 saturated carbocycles. The van der Waals surface area contributed by atoms with Gasteiger partial charge in [-0.15, -0.1) is 0 Å². The summed E-state index contributed by atoms with van der Waals surface area (Å²) in [7, 11) is 0. The molecule has 12 heavy (non-hydrogen) atoms. The molecule has 1 amide bonds. The molecule has 3 nitrogen and oxygen atoms in total. The van der Waals surface area contributed by atoms with Crippen molar-refractivity contribution >= 4 is 5.91 Å². The van der Waals surface area contributed by atoms with E-state index in [1.807, 2.05) is 0 Å². The molecule has 0 radical (unpaired) electrons. The highest BCUT2D eigenvalue weighted by Gasteiger charge is 2.38. The van der Waals surface area contributed by atoms with Crippen molar-refractivity contribution in [2.45, 2.75) is 32.2 Å². The summed E-state index contributed by atoms with van der Waals surface area (Å²) in [6.45, 7) is 4.12. The van der Waals surface area contributed by atoms with Gasteiger partial charge in [0.25, 0.3) is 0 Å². The number of nitrogens with one attached hydrogen (secondary N) is 2. The number of hydrogen-bond donors (Lipinski definition) is 2. The Balaban J connectivity index is 1.75. The number of carbonyl (C=O) groups is 1. The van der Waals surface area contributed by atoms with Crippen LogP contribution in [-0.4, -0.2) is 25.0 Å². The van der Waals surface area contributed by atoms with Gasteiger partial charge < -0.3 is 10.6 Å². The first-order valence-electron chi connectivity index (χ1n) is 4.71. The van der Waals surface area contributed by atoms with Gasteiger partial charge >= 0.3 is 0 Å². The Morgan fingerprint density at radius 2 is 2.42 bits per heavy atom. The average molecular weight is 168 g/mol. The summed E-state index contributed by atoms with van der Waals surface area (Å²) >= 11 is 0. The van der Waals surface area contributed by atoms with E-state index in [1.54, 1.807) is 0 Å². The minimum atomic E-state index is 0.0856. The predicted molar refractivity (Wildman–Crippen MR) is 46.8 cm³/mol. The van der Waals surface area contributed by atoms with E-state index >= 15 is 0 Å². The van der Waals surface area contributed by atoms with Crippen molar-refractivity contribution < 1.29 is 4.79 Å². The second-order valence-electron chi connectivity index (χ2n) is 4.32. The van der Waals surface area contributed by atoms with Crippen LogP contribution < -0.4 is 10.6 Å². The van der Waals surface area contributed by atoms with Crippen molar-refractivity contribution in [2.24, 2.45) is 5.41 Å². The highest BCUT2D eigenvalue weighted by atomic mass is 16.2. The molecule has 2 N–H and O–H groups in total. The van der Waals surface area contributed by atoms with Crippen molar-refractivity contribution in [3.63, 3.8) is 0 Å². The highest BCUT2D eigenvalue weighted by molar-refractivity contribution is 5.83. The molecule has 1 heterocycles. The lowest BCUT2D eigenvalue weighted by Gasteiger charge is -2.13. The van der Waals surface area contributed by atoms with Crippen LogP contribution in [0.15, 0.2) is 0 Å². The van der Waals surface area contributed by atoms with Gasteiger partial charge in [-0.3, -0.25) is 4.79 Å². The fourth-order valence-electron chi connectivity index (χ4n) is 1.55. The maximum atomic E-state index is 11.1. The van der Waals surface area contributed by atoms with Gasteiger partial charge in [-0.25, -0.2) is 0 Å². The molecule has 1 aliphatic carbocycles. The van der Waals surface area contributed by atoms with Crippen LogP contribution in [0.2, 0.25) is 0 Å². The molecule has 2 aliphatic rings. The Bertz CT molecular complexity index is 199. The number of hydrogen-bond acceptors (Lipinski definition) is 2. The lowest BCUT2D eigenvalue weighted by Crippen LogP contribution is -2.38. The minimum absolute atomic E-state index is 0.0856. The van der Waals surface area contributed by atoms with Gasteiger partial charge in [-0.2, -0.15) is 0 Å². The Morgan fingerprint density at radius 1 is 1.67 bits per heavy atom. The molecule has 3 heteroatoms. The quantitative estimate of drug-likeness (QED) is 0.635. The molecule has 1 unspecified atom stereocenters. The van der Waals surface area contributed by atoms with E-state index in [9.17, 15) is 4.79 Å². The maximum Gasteiger partial charge on any atom is 0.237 e. The summed E-state index contributed by atoms with van der Waals surface area (Å²) in [6.07, 6.45) is 3.58. The third kappa shape index (κ3) is 1.61. The summed E-state index contributed by atoms with van der Waals surface area (Å²) in [5, 5.41) is 6.15. The first-order chi connectivity index (χ1) is 5.70. The first kappa shape index (κ1) is 8.05. The normalized spacial score (nSPS) is 31.8. The summed E-state index contributed by atoms with van der Waals surface area (Å²) < 4.78 is 0. The van der Waals surface area contributed by atoms with Crippen molar-refractivity contribution in [1.29, 1.82) is 0 Å². The smallest absolute Gasteiger partial charge is 0.237 e. The molecule has 1 saturated heterocycles. The number of rotatable bonds is 3. The molecule has 0 spiro atoms. The summed E-state index contributed by atoms with van der Waals surface area (Å²) in [4.78, 5) is 11.1. The zero-order chi connectivity index (χ0) is 8.60. The monoisotopic (exact) mass is 168 g/mol. The Labute approximate surface area is 72.9 Å². The van der Waals surface area contributed by atoms with E-state index in [2.05, 4.69) is 17.6 Å². The van der Waals surface area contributed by atoms with Gasteiger partial charge in [0.2, 0.25) is 5.91 Å².